The number of hydrogen-bond donors (Lipinski definition) is 1. The maximum absolute atomic E-state index is 11.8. The van der Waals surface area contributed by atoms with Crippen molar-refractivity contribution < 1.29 is 14.4 Å². The van der Waals surface area contributed by atoms with Crippen LogP contribution < -0.4 is 5.32 Å². The summed E-state index contributed by atoms with van der Waals surface area (Å²) in [5.74, 6) is -0.371. The van der Waals surface area contributed by atoms with Crippen LogP contribution in [0.1, 0.15) is 27.2 Å². The van der Waals surface area contributed by atoms with Crippen molar-refractivity contribution in [3.05, 3.63) is 0 Å². The Labute approximate surface area is 108 Å². The van der Waals surface area contributed by atoms with Gasteiger partial charge < -0.3 is 15.1 Å². The Kier molecular flexibility index (Phi) is 7.74. The largest absolute Gasteiger partial charge is 0.356 e. The zero-order chi connectivity index (χ0) is 14.1. The number of nitrogens with zero attached hydrogens (tertiary/aromatic N) is 2. The summed E-state index contributed by atoms with van der Waals surface area (Å²) >= 11 is 0. The van der Waals surface area contributed by atoms with Crippen molar-refractivity contribution >= 4 is 17.7 Å². The monoisotopic (exact) mass is 257 g/mol. The van der Waals surface area contributed by atoms with Crippen LogP contribution in [-0.4, -0.2) is 60.7 Å². The van der Waals surface area contributed by atoms with Crippen molar-refractivity contribution in [1.82, 2.24) is 15.1 Å². The van der Waals surface area contributed by atoms with E-state index in [1.807, 2.05) is 13.8 Å². The maximum Gasteiger partial charge on any atom is 0.242 e. The van der Waals surface area contributed by atoms with Crippen molar-refractivity contribution in [2.24, 2.45) is 0 Å². The third-order valence-electron chi connectivity index (χ3n) is 2.63. The third kappa shape index (κ3) is 6.22. The number of rotatable bonds is 7. The fourth-order valence-corrected chi connectivity index (χ4v) is 1.50. The van der Waals surface area contributed by atoms with Crippen molar-refractivity contribution in [3.63, 3.8) is 0 Å². The molecule has 104 valence electrons. The van der Waals surface area contributed by atoms with Crippen molar-refractivity contribution in [2.45, 2.75) is 27.2 Å². The zero-order valence-corrected chi connectivity index (χ0v) is 11.7. The van der Waals surface area contributed by atoms with E-state index in [0.717, 1.165) is 0 Å². The molecule has 0 aliphatic rings. The second-order valence-corrected chi connectivity index (χ2v) is 4.05. The van der Waals surface area contributed by atoms with Crippen LogP contribution in [0.15, 0.2) is 0 Å². The van der Waals surface area contributed by atoms with Crippen LogP contribution in [0, 0.1) is 0 Å². The van der Waals surface area contributed by atoms with Gasteiger partial charge in [-0.2, -0.15) is 0 Å². The minimum Gasteiger partial charge on any atom is -0.356 e. The number of carbonyl (C=O) groups is 3. The second kappa shape index (κ2) is 8.49. The third-order valence-corrected chi connectivity index (χ3v) is 2.63. The molecule has 0 saturated heterocycles. The van der Waals surface area contributed by atoms with E-state index < -0.39 is 0 Å². The van der Waals surface area contributed by atoms with Crippen LogP contribution in [0.4, 0.5) is 0 Å². The molecule has 0 aliphatic carbocycles. The number of likely N-dealkylation sites (N-methyl/N-ethyl adjacent to an activating group) is 2. The van der Waals surface area contributed by atoms with E-state index >= 15 is 0 Å². The lowest BCUT2D eigenvalue weighted by Crippen LogP contribution is -2.41. The SMILES string of the molecule is CCN(CC)C(=O)CN(C)C(=O)CCNC(C)=O. The molecule has 0 aromatic rings. The van der Waals surface area contributed by atoms with Crippen LogP contribution in [0.5, 0.6) is 0 Å². The molecule has 0 aliphatic heterocycles. The first-order valence-corrected chi connectivity index (χ1v) is 6.18. The minimum atomic E-state index is -0.162. The topological polar surface area (TPSA) is 69.7 Å². The highest BCUT2D eigenvalue weighted by Gasteiger charge is 2.16. The molecule has 3 amide bonds. The first kappa shape index (κ1) is 16.4. The van der Waals surface area contributed by atoms with E-state index in [2.05, 4.69) is 5.32 Å². The van der Waals surface area contributed by atoms with Gasteiger partial charge in [0.15, 0.2) is 0 Å². The van der Waals surface area contributed by atoms with Crippen molar-refractivity contribution in [1.29, 1.82) is 0 Å². The van der Waals surface area contributed by atoms with Crippen LogP contribution in [0.25, 0.3) is 0 Å². The second-order valence-electron chi connectivity index (χ2n) is 4.05. The predicted molar refractivity (Wildman–Crippen MR) is 68.9 cm³/mol. The fraction of sp³-hybridized carbons (Fsp3) is 0.750. The van der Waals surface area contributed by atoms with Gasteiger partial charge in [-0.25, -0.2) is 0 Å². The van der Waals surface area contributed by atoms with Crippen LogP contribution in [0.2, 0.25) is 0 Å². The first-order chi connectivity index (χ1) is 8.42. The summed E-state index contributed by atoms with van der Waals surface area (Å²) in [6.07, 6.45) is 0.210. The highest BCUT2D eigenvalue weighted by Crippen LogP contribution is 1.95. The first-order valence-electron chi connectivity index (χ1n) is 6.18. The smallest absolute Gasteiger partial charge is 0.242 e. The highest BCUT2D eigenvalue weighted by atomic mass is 16.2. The summed E-state index contributed by atoms with van der Waals surface area (Å²) in [5.41, 5.74) is 0. The number of amides is 3. The highest BCUT2D eigenvalue weighted by molar-refractivity contribution is 5.85. The number of hydrogen-bond acceptors (Lipinski definition) is 3. The van der Waals surface area contributed by atoms with Gasteiger partial charge in [0.05, 0.1) is 6.54 Å². The van der Waals surface area contributed by atoms with Gasteiger partial charge in [0.25, 0.3) is 0 Å². The van der Waals surface area contributed by atoms with Crippen LogP contribution in [0.3, 0.4) is 0 Å². The van der Waals surface area contributed by atoms with Crippen LogP contribution >= 0.6 is 0 Å². The summed E-state index contributed by atoms with van der Waals surface area (Å²) in [4.78, 5) is 37.1. The number of carbonyl (C=O) groups excluding carboxylic acids is 3. The summed E-state index contributed by atoms with van der Waals surface area (Å²) < 4.78 is 0. The predicted octanol–water partition coefficient (Wildman–Crippen LogP) is -0.161. The van der Waals surface area contributed by atoms with Gasteiger partial charge in [-0.15, -0.1) is 0 Å². The molecule has 0 aromatic heterocycles. The Morgan fingerprint density at radius 3 is 2.06 bits per heavy atom. The van der Waals surface area contributed by atoms with Crippen molar-refractivity contribution in [3.8, 4) is 0 Å². The molecule has 0 rings (SSSR count). The molecule has 18 heavy (non-hydrogen) atoms. The fourth-order valence-electron chi connectivity index (χ4n) is 1.50. The molecule has 6 heteroatoms. The molecule has 0 heterocycles. The van der Waals surface area contributed by atoms with E-state index in [9.17, 15) is 14.4 Å². The summed E-state index contributed by atoms with van der Waals surface area (Å²) in [6, 6.07) is 0. The minimum absolute atomic E-state index is 0.0598. The lowest BCUT2D eigenvalue weighted by Gasteiger charge is -2.23. The zero-order valence-electron chi connectivity index (χ0n) is 11.7. The van der Waals surface area contributed by atoms with Gasteiger partial charge in [0, 0.05) is 40.0 Å². The molecule has 1 N–H and O–H groups in total. The maximum atomic E-state index is 11.8. The molecular formula is C12H23N3O3. The Morgan fingerprint density at radius 1 is 1.06 bits per heavy atom. The lowest BCUT2D eigenvalue weighted by molar-refractivity contribution is -0.139. The average Bonchev–Trinajstić information content (AvgIpc) is 2.29. The van der Waals surface area contributed by atoms with Gasteiger partial charge in [-0.3, -0.25) is 14.4 Å². The normalized spacial score (nSPS) is 9.78. The van der Waals surface area contributed by atoms with Gasteiger partial charge >= 0.3 is 0 Å². The van der Waals surface area contributed by atoms with E-state index in [1.54, 1.807) is 11.9 Å². The van der Waals surface area contributed by atoms with E-state index in [1.165, 1.54) is 11.8 Å². The van der Waals surface area contributed by atoms with Crippen molar-refractivity contribution in [2.75, 3.05) is 33.2 Å². The Hall–Kier alpha value is -1.59. The molecule has 0 radical (unpaired) electrons. The average molecular weight is 257 g/mol. The Balaban J connectivity index is 4.07. The Bertz CT molecular complexity index is 301. The molecule has 0 bridgehead atoms. The Morgan fingerprint density at radius 2 is 1.61 bits per heavy atom. The molecule has 0 spiro atoms. The molecule has 0 saturated carbocycles. The van der Waals surface area contributed by atoms with E-state index in [4.69, 9.17) is 0 Å². The molecule has 0 fully saturated rings. The lowest BCUT2D eigenvalue weighted by atomic mass is 10.3. The standard InChI is InChI=1S/C12H23N3O3/c1-5-15(6-2)12(18)9-14(4)11(17)7-8-13-10(3)16/h5-9H2,1-4H3,(H,13,16). The molecule has 6 nitrogen and oxygen atoms in total. The van der Waals surface area contributed by atoms with E-state index in [-0.39, 0.29) is 30.7 Å². The summed E-state index contributed by atoms with van der Waals surface area (Å²) in [5, 5.41) is 2.55. The van der Waals surface area contributed by atoms with Gasteiger partial charge in [0.1, 0.15) is 0 Å². The molecular weight excluding hydrogens is 234 g/mol. The molecule has 0 unspecified atom stereocenters. The summed E-state index contributed by atoms with van der Waals surface area (Å²) in [7, 11) is 1.59. The van der Waals surface area contributed by atoms with Gasteiger partial charge in [-0.1, -0.05) is 0 Å². The molecule has 0 aromatic carbocycles. The van der Waals surface area contributed by atoms with Crippen LogP contribution in [-0.2, 0) is 14.4 Å². The number of nitrogens with one attached hydrogen (secondary N) is 1. The van der Waals surface area contributed by atoms with E-state index in [0.29, 0.717) is 19.6 Å². The quantitative estimate of drug-likeness (QED) is 0.689. The molecule has 0 atom stereocenters. The van der Waals surface area contributed by atoms with Gasteiger partial charge in [0.2, 0.25) is 17.7 Å². The summed E-state index contributed by atoms with van der Waals surface area (Å²) in [6.45, 7) is 6.88. The van der Waals surface area contributed by atoms with Gasteiger partial charge in [-0.05, 0) is 13.8 Å².